The number of rotatable bonds is 7. The third-order valence-corrected chi connectivity index (χ3v) is 14.0. The van der Waals surface area contributed by atoms with Gasteiger partial charge in [-0.15, -0.1) is 11.3 Å². The van der Waals surface area contributed by atoms with Gasteiger partial charge in [0.15, 0.2) is 0 Å². The molecule has 0 unspecified atom stereocenters. The summed E-state index contributed by atoms with van der Waals surface area (Å²) in [6.45, 7) is 0. The molecule has 10 aromatic carbocycles. The lowest BCUT2D eigenvalue weighted by Crippen LogP contribution is -2.10. The summed E-state index contributed by atoms with van der Waals surface area (Å²) in [4.78, 5) is 2.35. The number of hydrogen-bond donors (Lipinski definition) is 0. The number of para-hydroxylation sites is 2. The van der Waals surface area contributed by atoms with E-state index in [0.717, 1.165) is 55.7 Å². The highest BCUT2D eigenvalue weighted by Gasteiger charge is 2.25. The van der Waals surface area contributed by atoms with Crippen LogP contribution in [0, 0.1) is 0 Å². The fourth-order valence-electron chi connectivity index (χ4n) is 9.89. The fourth-order valence-corrected chi connectivity index (χ4v) is 11.1. The molecule has 0 aliphatic rings. The summed E-state index contributed by atoms with van der Waals surface area (Å²) in [7, 11) is 0. The van der Waals surface area contributed by atoms with Crippen molar-refractivity contribution in [3.63, 3.8) is 0 Å². The van der Waals surface area contributed by atoms with Crippen molar-refractivity contribution in [3.8, 4) is 39.1 Å². The number of furan rings is 1. The summed E-state index contributed by atoms with van der Waals surface area (Å²) < 4.78 is 11.8. The highest BCUT2D eigenvalue weighted by molar-refractivity contribution is 7.26. The van der Waals surface area contributed by atoms with Crippen LogP contribution in [-0.2, 0) is 0 Å². The van der Waals surface area contributed by atoms with Gasteiger partial charge in [0.2, 0.25) is 0 Å². The van der Waals surface area contributed by atoms with Crippen LogP contribution in [0.2, 0.25) is 0 Å². The molecule has 0 amide bonds. The summed E-state index contributed by atoms with van der Waals surface area (Å²) in [6, 6.07) is 83.1. The average molecular weight is 835 g/mol. The quantitative estimate of drug-likeness (QED) is 0.159. The SMILES string of the molecule is c1ccc(-c2ccc(N(c3ccc(-c4ccccc4)cc3)c3ccc(-n4c5ccccc5c5c(-c6cccc7c6sc6ccccc67)c6c(cc54)oc4ccccc46)cc3)cc2)cc1. The molecular weight excluding hydrogens is 797 g/mol. The first-order valence-corrected chi connectivity index (χ1v) is 22.6. The Kier molecular flexibility index (Phi) is 8.40. The summed E-state index contributed by atoms with van der Waals surface area (Å²) in [5, 5.41) is 7.29. The van der Waals surface area contributed by atoms with E-state index in [1.165, 1.54) is 64.3 Å². The van der Waals surface area contributed by atoms with E-state index < -0.39 is 0 Å². The molecular formula is C60H38N2OS. The van der Waals surface area contributed by atoms with E-state index >= 15 is 0 Å². The van der Waals surface area contributed by atoms with Gasteiger partial charge in [0.1, 0.15) is 11.2 Å². The second-order valence-corrected chi connectivity index (χ2v) is 17.5. The number of nitrogens with zero attached hydrogens (tertiary/aromatic N) is 2. The Morgan fingerprint density at radius 1 is 0.375 bits per heavy atom. The van der Waals surface area contributed by atoms with E-state index in [1.807, 2.05) is 11.3 Å². The van der Waals surface area contributed by atoms with Gasteiger partial charge in [0, 0.05) is 81.7 Å². The summed E-state index contributed by atoms with van der Waals surface area (Å²) in [5.74, 6) is 0. The summed E-state index contributed by atoms with van der Waals surface area (Å²) >= 11 is 1.87. The van der Waals surface area contributed by atoms with Crippen molar-refractivity contribution in [3.05, 3.63) is 231 Å². The Morgan fingerprint density at radius 2 is 0.906 bits per heavy atom. The Bertz CT molecular complexity index is 3780. The van der Waals surface area contributed by atoms with Gasteiger partial charge in [0.05, 0.1) is 11.0 Å². The number of fused-ring (bicyclic) bond motifs is 9. The van der Waals surface area contributed by atoms with Gasteiger partial charge in [-0.3, -0.25) is 0 Å². The Hall–Kier alpha value is -8.18. The molecule has 0 radical (unpaired) electrons. The van der Waals surface area contributed by atoms with E-state index in [1.54, 1.807) is 0 Å². The van der Waals surface area contributed by atoms with Crippen molar-refractivity contribution in [1.82, 2.24) is 4.57 Å². The Balaban J connectivity index is 1.01. The zero-order valence-electron chi connectivity index (χ0n) is 34.7. The van der Waals surface area contributed by atoms with Gasteiger partial charge in [-0.05, 0) is 89.0 Å². The highest BCUT2D eigenvalue weighted by Crippen LogP contribution is 2.50. The lowest BCUT2D eigenvalue weighted by Gasteiger charge is -2.26. The maximum atomic E-state index is 6.79. The molecule has 0 atom stereocenters. The van der Waals surface area contributed by atoms with Crippen molar-refractivity contribution >= 4 is 92.3 Å². The van der Waals surface area contributed by atoms with Gasteiger partial charge in [0.25, 0.3) is 0 Å². The number of anilines is 3. The van der Waals surface area contributed by atoms with Crippen molar-refractivity contribution < 1.29 is 4.42 Å². The predicted octanol–water partition coefficient (Wildman–Crippen LogP) is 17.5. The molecule has 13 rings (SSSR count). The molecule has 64 heavy (non-hydrogen) atoms. The van der Waals surface area contributed by atoms with E-state index in [2.05, 4.69) is 240 Å². The van der Waals surface area contributed by atoms with E-state index in [4.69, 9.17) is 4.42 Å². The van der Waals surface area contributed by atoms with Gasteiger partial charge >= 0.3 is 0 Å². The molecule has 0 N–H and O–H groups in total. The number of hydrogen-bond acceptors (Lipinski definition) is 3. The molecule has 3 nitrogen and oxygen atoms in total. The van der Waals surface area contributed by atoms with Gasteiger partial charge in [-0.2, -0.15) is 0 Å². The maximum absolute atomic E-state index is 6.79. The minimum Gasteiger partial charge on any atom is -0.456 e. The second-order valence-electron chi connectivity index (χ2n) is 16.4. The monoisotopic (exact) mass is 834 g/mol. The first kappa shape index (κ1) is 36.5. The molecule has 0 aliphatic heterocycles. The molecule has 0 spiro atoms. The van der Waals surface area contributed by atoms with Crippen LogP contribution < -0.4 is 4.90 Å². The lowest BCUT2D eigenvalue weighted by atomic mass is 9.93. The normalized spacial score (nSPS) is 11.8. The molecule has 3 aromatic heterocycles. The van der Waals surface area contributed by atoms with Crippen LogP contribution in [-0.4, -0.2) is 4.57 Å². The molecule has 0 saturated heterocycles. The fraction of sp³-hybridized carbons (Fsp3) is 0. The van der Waals surface area contributed by atoms with Crippen LogP contribution in [0.5, 0.6) is 0 Å². The molecule has 0 aliphatic carbocycles. The van der Waals surface area contributed by atoms with Gasteiger partial charge in [-0.25, -0.2) is 0 Å². The molecule has 300 valence electrons. The third kappa shape index (κ3) is 5.81. The Morgan fingerprint density at radius 3 is 1.58 bits per heavy atom. The lowest BCUT2D eigenvalue weighted by molar-refractivity contribution is 0.669. The maximum Gasteiger partial charge on any atom is 0.138 e. The summed E-state index contributed by atoms with van der Waals surface area (Å²) in [6.07, 6.45) is 0. The van der Waals surface area contributed by atoms with Crippen LogP contribution in [0.15, 0.2) is 235 Å². The van der Waals surface area contributed by atoms with Crippen LogP contribution in [0.4, 0.5) is 17.1 Å². The first-order chi connectivity index (χ1) is 31.7. The second kappa shape index (κ2) is 14.7. The van der Waals surface area contributed by atoms with Crippen LogP contribution in [0.3, 0.4) is 0 Å². The predicted molar refractivity (Wildman–Crippen MR) is 272 cm³/mol. The van der Waals surface area contributed by atoms with Crippen molar-refractivity contribution in [2.75, 3.05) is 4.90 Å². The van der Waals surface area contributed by atoms with E-state index in [-0.39, 0.29) is 0 Å². The molecule has 0 saturated carbocycles. The van der Waals surface area contributed by atoms with Crippen molar-refractivity contribution in [1.29, 1.82) is 0 Å². The largest absolute Gasteiger partial charge is 0.456 e. The van der Waals surface area contributed by atoms with Crippen LogP contribution in [0.25, 0.3) is 103 Å². The van der Waals surface area contributed by atoms with E-state index in [0.29, 0.717) is 0 Å². The molecule has 3 heterocycles. The van der Waals surface area contributed by atoms with Gasteiger partial charge in [-0.1, -0.05) is 158 Å². The molecule has 13 aromatic rings. The zero-order valence-corrected chi connectivity index (χ0v) is 35.5. The minimum absolute atomic E-state index is 0.881. The topological polar surface area (TPSA) is 21.3 Å². The number of aromatic nitrogens is 1. The summed E-state index contributed by atoms with van der Waals surface area (Å²) in [5.41, 5.74) is 15.6. The third-order valence-electron chi connectivity index (χ3n) is 12.8. The number of benzene rings is 10. The first-order valence-electron chi connectivity index (χ1n) is 21.7. The minimum atomic E-state index is 0.881. The highest BCUT2D eigenvalue weighted by atomic mass is 32.1. The zero-order chi connectivity index (χ0) is 42.1. The van der Waals surface area contributed by atoms with Crippen LogP contribution in [0.1, 0.15) is 0 Å². The number of thiophene rings is 1. The smallest absolute Gasteiger partial charge is 0.138 e. The average Bonchev–Trinajstić information content (AvgIpc) is 4.04. The molecule has 4 heteroatoms. The van der Waals surface area contributed by atoms with Gasteiger partial charge < -0.3 is 13.9 Å². The molecule has 0 fully saturated rings. The standard InChI is InChI=1S/C60H38N2OS/c1-3-14-39(15-4-1)41-26-30-43(31-27-41)61(44-32-28-42(29-33-44)40-16-5-2-6-17-40)45-34-36-46(37-35-45)62-52-23-10-7-19-49(52)57-53(62)38-55-58(50-20-8-11-24-54(50)63-55)59(57)51-22-13-21-48-47-18-9-12-25-56(47)64-60(48)51/h1-38H. The molecule has 0 bridgehead atoms. The van der Waals surface area contributed by atoms with Crippen molar-refractivity contribution in [2.24, 2.45) is 0 Å². The van der Waals surface area contributed by atoms with Crippen molar-refractivity contribution in [2.45, 2.75) is 0 Å². The van der Waals surface area contributed by atoms with E-state index in [9.17, 15) is 0 Å². The van der Waals surface area contributed by atoms with Crippen LogP contribution >= 0.6 is 11.3 Å². The Labute approximate surface area is 373 Å².